The second kappa shape index (κ2) is 6.95. The van der Waals surface area contributed by atoms with Crippen LogP contribution in [-0.4, -0.2) is 31.9 Å². The third-order valence-electron chi connectivity index (χ3n) is 4.65. The minimum atomic E-state index is -3.47. The van der Waals surface area contributed by atoms with Gasteiger partial charge in [-0.05, 0) is 58.8 Å². The number of nitrogens with two attached hydrogens (primary N) is 1. The molecule has 4 nitrogen and oxygen atoms in total. The summed E-state index contributed by atoms with van der Waals surface area (Å²) in [6.45, 7) is 1.12. The lowest BCUT2D eigenvalue weighted by Crippen LogP contribution is -2.38. The van der Waals surface area contributed by atoms with Crippen molar-refractivity contribution < 1.29 is 8.42 Å². The predicted molar refractivity (Wildman–Crippen MR) is 94.0 cm³/mol. The Labute approximate surface area is 151 Å². The summed E-state index contributed by atoms with van der Waals surface area (Å²) in [5, 5.41) is 0.506. The molecule has 1 aliphatic heterocycles. The largest absolute Gasteiger partial charge is 0.327 e. The SMILES string of the molecule is Cl.NC1CCCC2CN(S(=O)(=O)c3ccc(Cl)c(Br)c3)CC12. The fourth-order valence-corrected chi connectivity index (χ4v) is 5.67. The van der Waals surface area contributed by atoms with Crippen molar-refractivity contribution in [3.8, 4) is 0 Å². The average Bonchev–Trinajstić information content (AvgIpc) is 2.88. The van der Waals surface area contributed by atoms with Crippen molar-refractivity contribution in [1.82, 2.24) is 4.31 Å². The van der Waals surface area contributed by atoms with Crippen LogP contribution in [0.2, 0.25) is 5.02 Å². The number of nitrogens with zero attached hydrogens (tertiary/aromatic N) is 1. The molecule has 2 aliphatic rings. The Kier molecular flexibility index (Phi) is 5.84. The van der Waals surface area contributed by atoms with Crippen LogP contribution in [0.3, 0.4) is 0 Å². The molecule has 1 heterocycles. The van der Waals surface area contributed by atoms with Crippen molar-refractivity contribution in [2.45, 2.75) is 30.2 Å². The van der Waals surface area contributed by atoms with E-state index in [9.17, 15) is 8.42 Å². The first-order valence-electron chi connectivity index (χ1n) is 7.10. The number of hydrogen-bond donors (Lipinski definition) is 1. The molecule has 22 heavy (non-hydrogen) atoms. The van der Waals surface area contributed by atoms with Crippen molar-refractivity contribution in [2.75, 3.05) is 13.1 Å². The van der Waals surface area contributed by atoms with Gasteiger partial charge in [0.15, 0.2) is 0 Å². The molecule has 1 aliphatic carbocycles. The highest BCUT2D eigenvalue weighted by Crippen LogP contribution is 2.38. The topological polar surface area (TPSA) is 63.4 Å². The summed E-state index contributed by atoms with van der Waals surface area (Å²) < 4.78 is 27.7. The second-order valence-corrected chi connectivity index (χ2v) is 9.12. The van der Waals surface area contributed by atoms with E-state index in [0.29, 0.717) is 34.4 Å². The number of sulfonamides is 1. The molecule has 0 amide bonds. The summed E-state index contributed by atoms with van der Waals surface area (Å²) in [7, 11) is -3.47. The first-order valence-corrected chi connectivity index (χ1v) is 9.71. The van der Waals surface area contributed by atoms with Gasteiger partial charge in [0, 0.05) is 23.6 Å². The van der Waals surface area contributed by atoms with E-state index in [1.807, 2.05) is 0 Å². The Bertz CT molecular complexity index is 656. The molecule has 1 aromatic rings. The van der Waals surface area contributed by atoms with Gasteiger partial charge in [0.1, 0.15) is 0 Å². The minimum Gasteiger partial charge on any atom is -0.327 e. The Morgan fingerprint density at radius 2 is 2.00 bits per heavy atom. The lowest BCUT2D eigenvalue weighted by atomic mass is 9.78. The van der Waals surface area contributed by atoms with Gasteiger partial charge in [0.05, 0.1) is 9.92 Å². The standard InChI is InChI=1S/C14H18BrClN2O2S.ClH/c15-12-6-10(4-5-13(12)16)21(19,20)18-7-9-2-1-3-14(17)11(9)8-18;/h4-6,9,11,14H,1-3,7-8,17H2;1H. The maximum Gasteiger partial charge on any atom is 0.243 e. The second-order valence-electron chi connectivity index (χ2n) is 5.92. The van der Waals surface area contributed by atoms with Crippen molar-refractivity contribution in [1.29, 1.82) is 0 Å². The quantitative estimate of drug-likeness (QED) is 0.784. The number of fused-ring (bicyclic) bond motifs is 1. The zero-order valence-corrected chi connectivity index (χ0v) is 15.9. The maximum atomic E-state index is 12.8. The molecule has 1 saturated carbocycles. The lowest BCUT2D eigenvalue weighted by Gasteiger charge is -2.29. The minimum absolute atomic E-state index is 0. The summed E-state index contributed by atoms with van der Waals surface area (Å²) in [5.41, 5.74) is 6.16. The molecular formula is C14H19BrCl2N2O2S. The maximum absolute atomic E-state index is 12.8. The van der Waals surface area contributed by atoms with Crippen LogP contribution >= 0.6 is 39.9 Å². The van der Waals surface area contributed by atoms with Crippen LogP contribution in [-0.2, 0) is 10.0 Å². The predicted octanol–water partition coefficient (Wildman–Crippen LogP) is 3.27. The van der Waals surface area contributed by atoms with Crippen molar-refractivity contribution in [3.05, 3.63) is 27.7 Å². The fraction of sp³-hybridized carbons (Fsp3) is 0.571. The van der Waals surface area contributed by atoms with Crippen LogP contribution in [0.4, 0.5) is 0 Å². The molecule has 0 bridgehead atoms. The van der Waals surface area contributed by atoms with E-state index in [-0.39, 0.29) is 23.3 Å². The molecule has 2 fully saturated rings. The van der Waals surface area contributed by atoms with Gasteiger partial charge >= 0.3 is 0 Å². The molecule has 0 spiro atoms. The number of benzene rings is 1. The first kappa shape index (κ1) is 18.5. The highest BCUT2D eigenvalue weighted by atomic mass is 79.9. The third-order valence-corrected chi connectivity index (χ3v) is 7.69. The molecule has 2 N–H and O–H groups in total. The van der Waals surface area contributed by atoms with E-state index < -0.39 is 10.0 Å². The summed E-state index contributed by atoms with van der Waals surface area (Å²) in [6, 6.07) is 4.86. The summed E-state index contributed by atoms with van der Waals surface area (Å²) in [4.78, 5) is 0.283. The van der Waals surface area contributed by atoms with Gasteiger partial charge in [-0.25, -0.2) is 8.42 Å². The van der Waals surface area contributed by atoms with E-state index >= 15 is 0 Å². The van der Waals surface area contributed by atoms with Crippen molar-refractivity contribution >= 4 is 50.0 Å². The smallest absolute Gasteiger partial charge is 0.243 e. The van der Waals surface area contributed by atoms with Crippen LogP contribution in [0.1, 0.15) is 19.3 Å². The van der Waals surface area contributed by atoms with Gasteiger partial charge in [0.2, 0.25) is 10.0 Å². The molecule has 0 radical (unpaired) electrons. The summed E-state index contributed by atoms with van der Waals surface area (Å²) in [6.07, 6.45) is 3.18. The van der Waals surface area contributed by atoms with Crippen LogP contribution in [0.15, 0.2) is 27.6 Å². The van der Waals surface area contributed by atoms with Gasteiger partial charge < -0.3 is 5.73 Å². The molecule has 3 rings (SSSR count). The first-order chi connectivity index (χ1) is 9.89. The summed E-state index contributed by atoms with van der Waals surface area (Å²) in [5.74, 6) is 0.698. The van der Waals surface area contributed by atoms with Crippen molar-refractivity contribution in [2.24, 2.45) is 17.6 Å². The van der Waals surface area contributed by atoms with Gasteiger partial charge in [-0.1, -0.05) is 18.0 Å². The molecular weight excluding hydrogens is 411 g/mol. The summed E-state index contributed by atoms with van der Waals surface area (Å²) >= 11 is 9.22. The number of rotatable bonds is 2. The van der Waals surface area contributed by atoms with Gasteiger partial charge in [-0.15, -0.1) is 12.4 Å². The highest BCUT2D eigenvalue weighted by molar-refractivity contribution is 9.10. The molecule has 3 atom stereocenters. The Hall–Kier alpha value is 0.150. The van der Waals surface area contributed by atoms with Crippen LogP contribution in [0.5, 0.6) is 0 Å². The monoisotopic (exact) mass is 428 g/mol. The third kappa shape index (κ3) is 3.32. The van der Waals surface area contributed by atoms with Crippen LogP contribution < -0.4 is 5.73 Å². The Morgan fingerprint density at radius 1 is 1.27 bits per heavy atom. The van der Waals surface area contributed by atoms with E-state index in [2.05, 4.69) is 15.9 Å². The molecule has 0 aromatic heterocycles. The highest BCUT2D eigenvalue weighted by Gasteiger charge is 2.43. The average molecular weight is 430 g/mol. The van der Waals surface area contributed by atoms with Crippen LogP contribution in [0, 0.1) is 11.8 Å². The fourth-order valence-electron chi connectivity index (χ4n) is 3.46. The van der Waals surface area contributed by atoms with Gasteiger partial charge in [0.25, 0.3) is 0 Å². The number of hydrogen-bond acceptors (Lipinski definition) is 3. The van der Waals surface area contributed by atoms with Crippen LogP contribution in [0.25, 0.3) is 0 Å². The van der Waals surface area contributed by atoms with E-state index in [4.69, 9.17) is 17.3 Å². The van der Waals surface area contributed by atoms with Gasteiger partial charge in [-0.2, -0.15) is 4.31 Å². The van der Waals surface area contributed by atoms with E-state index in [1.165, 1.54) is 0 Å². The Balaban J connectivity index is 0.00000176. The molecule has 8 heteroatoms. The zero-order valence-electron chi connectivity index (χ0n) is 11.9. The normalized spacial score (nSPS) is 29.0. The molecule has 1 saturated heterocycles. The zero-order chi connectivity index (χ0) is 15.2. The molecule has 3 unspecified atom stereocenters. The molecule has 1 aromatic carbocycles. The van der Waals surface area contributed by atoms with E-state index in [1.54, 1.807) is 22.5 Å². The van der Waals surface area contributed by atoms with Gasteiger partial charge in [-0.3, -0.25) is 0 Å². The molecule has 124 valence electrons. The lowest BCUT2D eigenvalue weighted by molar-refractivity contribution is 0.260. The van der Waals surface area contributed by atoms with Crippen molar-refractivity contribution in [3.63, 3.8) is 0 Å². The number of halogens is 3. The van der Waals surface area contributed by atoms with E-state index in [0.717, 1.165) is 19.3 Å². The Morgan fingerprint density at radius 3 is 2.64 bits per heavy atom.